The molecule has 1 amide bonds. The number of benzene rings is 2. The van der Waals surface area contributed by atoms with E-state index in [2.05, 4.69) is 39.0 Å². The first-order valence-corrected chi connectivity index (χ1v) is 14.5. The van der Waals surface area contributed by atoms with E-state index in [1.165, 1.54) is 22.6 Å². The maximum Gasteiger partial charge on any atom is 0.273 e. The predicted molar refractivity (Wildman–Crippen MR) is 151 cm³/mol. The molecule has 2 aliphatic rings. The quantitative estimate of drug-likeness (QED) is 0.358. The second-order valence-corrected chi connectivity index (χ2v) is 11.4. The number of nitrogens with zero attached hydrogens (tertiary/aromatic N) is 4. The van der Waals surface area contributed by atoms with Crippen molar-refractivity contribution in [3.05, 3.63) is 75.2 Å². The van der Waals surface area contributed by atoms with Crippen molar-refractivity contribution >= 4 is 34.5 Å². The molecular weight excluding hydrogens is 504 g/mol. The van der Waals surface area contributed by atoms with Crippen LogP contribution in [0.4, 0.5) is 5.69 Å². The lowest BCUT2D eigenvalue weighted by atomic mass is 9.99. The van der Waals surface area contributed by atoms with Crippen molar-refractivity contribution in [2.24, 2.45) is 0 Å². The van der Waals surface area contributed by atoms with Gasteiger partial charge in [-0.05, 0) is 62.1 Å². The second kappa shape index (κ2) is 12.3. The number of thiazole rings is 1. The number of halogens is 1. The number of ether oxygens (including phenoxy) is 1. The highest BCUT2D eigenvalue weighted by Gasteiger charge is 2.28. The third-order valence-corrected chi connectivity index (χ3v) is 8.30. The molecule has 3 aromatic rings. The Labute approximate surface area is 228 Å². The summed E-state index contributed by atoms with van der Waals surface area (Å²) in [5.74, 6) is 0.963. The van der Waals surface area contributed by atoms with E-state index in [1.54, 1.807) is 0 Å². The summed E-state index contributed by atoms with van der Waals surface area (Å²) in [6.07, 6.45) is 4.08. The summed E-state index contributed by atoms with van der Waals surface area (Å²) < 4.78 is 6.17. The first-order chi connectivity index (χ1) is 18.0. The Hall–Kier alpha value is -2.61. The maximum absolute atomic E-state index is 13.0. The van der Waals surface area contributed by atoms with E-state index in [9.17, 15) is 4.79 Å². The Morgan fingerprint density at radius 1 is 1.08 bits per heavy atom. The molecule has 196 valence electrons. The topological polar surface area (TPSA) is 48.9 Å². The fourth-order valence-corrected chi connectivity index (χ4v) is 6.09. The van der Waals surface area contributed by atoms with Crippen LogP contribution in [-0.2, 0) is 6.54 Å². The molecule has 0 bridgehead atoms. The summed E-state index contributed by atoms with van der Waals surface area (Å²) in [5, 5.41) is 3.60. The molecule has 5 rings (SSSR count). The van der Waals surface area contributed by atoms with Gasteiger partial charge in [0.2, 0.25) is 0 Å². The molecule has 2 fully saturated rings. The highest BCUT2D eigenvalue weighted by molar-refractivity contribution is 7.09. The van der Waals surface area contributed by atoms with E-state index in [0.29, 0.717) is 12.3 Å². The zero-order valence-electron chi connectivity index (χ0n) is 21.4. The summed E-state index contributed by atoms with van der Waals surface area (Å²) >= 11 is 7.71. The van der Waals surface area contributed by atoms with Crippen molar-refractivity contribution in [3.8, 4) is 5.75 Å². The number of piperidine rings is 1. The van der Waals surface area contributed by atoms with Crippen LogP contribution >= 0.6 is 22.9 Å². The summed E-state index contributed by atoms with van der Waals surface area (Å²) in [5.41, 5.74) is 3.04. The zero-order chi connectivity index (χ0) is 25.6. The van der Waals surface area contributed by atoms with E-state index in [-0.39, 0.29) is 11.9 Å². The maximum atomic E-state index is 13.0. The minimum Gasteiger partial charge on any atom is -0.494 e. The normalized spacial score (nSPS) is 18.7. The fraction of sp³-hybridized carbons (Fsp3) is 0.448. The van der Waals surface area contributed by atoms with Gasteiger partial charge in [-0.25, -0.2) is 4.98 Å². The number of anilines is 1. The van der Waals surface area contributed by atoms with Gasteiger partial charge < -0.3 is 14.5 Å². The smallest absolute Gasteiger partial charge is 0.273 e. The van der Waals surface area contributed by atoms with E-state index >= 15 is 0 Å². The Kier molecular flexibility index (Phi) is 8.64. The van der Waals surface area contributed by atoms with Gasteiger partial charge in [0, 0.05) is 67.8 Å². The molecule has 0 N–H and O–H groups in total. The molecule has 8 heteroatoms. The molecule has 3 heterocycles. The van der Waals surface area contributed by atoms with Gasteiger partial charge in [0.1, 0.15) is 11.4 Å². The summed E-state index contributed by atoms with van der Waals surface area (Å²) in [6, 6.07) is 16.8. The van der Waals surface area contributed by atoms with Gasteiger partial charge in [-0.3, -0.25) is 9.69 Å². The Bertz CT molecular complexity index is 1190. The molecule has 1 unspecified atom stereocenters. The van der Waals surface area contributed by atoms with Crippen molar-refractivity contribution in [1.29, 1.82) is 0 Å². The Morgan fingerprint density at radius 2 is 1.92 bits per heavy atom. The number of hydrogen-bond acceptors (Lipinski definition) is 6. The molecule has 6 nitrogen and oxygen atoms in total. The summed E-state index contributed by atoms with van der Waals surface area (Å²) in [4.78, 5) is 24.3. The Morgan fingerprint density at radius 3 is 2.70 bits per heavy atom. The molecule has 2 aromatic carbocycles. The van der Waals surface area contributed by atoms with Crippen LogP contribution in [0.25, 0.3) is 0 Å². The minimum absolute atomic E-state index is 0.0616. The number of likely N-dealkylation sites (tertiary alicyclic amines) is 1. The molecule has 0 radical (unpaired) electrons. The van der Waals surface area contributed by atoms with E-state index in [1.807, 2.05) is 41.5 Å². The third-order valence-electron chi connectivity index (χ3n) is 7.30. The molecule has 37 heavy (non-hydrogen) atoms. The van der Waals surface area contributed by atoms with Gasteiger partial charge in [0.05, 0.1) is 11.6 Å². The van der Waals surface area contributed by atoms with Crippen LogP contribution in [0.5, 0.6) is 5.75 Å². The van der Waals surface area contributed by atoms with Crippen LogP contribution < -0.4 is 9.64 Å². The largest absolute Gasteiger partial charge is 0.494 e. The average molecular weight is 539 g/mol. The highest BCUT2D eigenvalue weighted by Crippen LogP contribution is 2.25. The fourth-order valence-electron chi connectivity index (χ4n) is 5.32. The molecule has 2 saturated heterocycles. The number of piperazine rings is 1. The van der Waals surface area contributed by atoms with Crippen LogP contribution in [0.2, 0.25) is 5.02 Å². The molecule has 0 spiro atoms. The molecule has 2 aliphatic heterocycles. The second-order valence-electron chi connectivity index (χ2n) is 9.93. The van der Waals surface area contributed by atoms with E-state index in [0.717, 1.165) is 80.7 Å². The number of amides is 1. The zero-order valence-corrected chi connectivity index (χ0v) is 23.0. The van der Waals surface area contributed by atoms with E-state index < -0.39 is 0 Å². The van der Waals surface area contributed by atoms with Crippen molar-refractivity contribution in [3.63, 3.8) is 0 Å². The lowest BCUT2D eigenvalue weighted by molar-refractivity contribution is 0.0575. The molecule has 1 atom stereocenters. The lowest BCUT2D eigenvalue weighted by Gasteiger charge is -2.36. The van der Waals surface area contributed by atoms with Crippen molar-refractivity contribution in [2.75, 3.05) is 44.2 Å². The number of aromatic nitrogens is 1. The lowest BCUT2D eigenvalue weighted by Crippen LogP contribution is -2.45. The van der Waals surface area contributed by atoms with Gasteiger partial charge >= 0.3 is 0 Å². The first-order valence-electron chi connectivity index (χ1n) is 13.2. The number of hydrogen-bond donors (Lipinski definition) is 0. The van der Waals surface area contributed by atoms with Crippen LogP contribution in [0.1, 0.15) is 46.7 Å². The summed E-state index contributed by atoms with van der Waals surface area (Å²) in [7, 11) is 0. The Balaban J connectivity index is 1.10. The predicted octanol–water partition coefficient (Wildman–Crippen LogP) is 5.89. The monoisotopic (exact) mass is 538 g/mol. The van der Waals surface area contributed by atoms with Gasteiger partial charge in [0.25, 0.3) is 5.91 Å². The minimum atomic E-state index is 0.0616. The molecular formula is C29H35ClN4O2S. The van der Waals surface area contributed by atoms with Gasteiger partial charge in [-0.1, -0.05) is 29.8 Å². The third kappa shape index (κ3) is 6.83. The van der Waals surface area contributed by atoms with E-state index in [4.69, 9.17) is 16.3 Å². The number of carbonyl (C=O) groups is 1. The van der Waals surface area contributed by atoms with Crippen LogP contribution in [-0.4, -0.2) is 66.1 Å². The van der Waals surface area contributed by atoms with Crippen molar-refractivity contribution in [2.45, 2.75) is 45.2 Å². The van der Waals surface area contributed by atoms with Gasteiger partial charge in [-0.2, -0.15) is 0 Å². The van der Waals surface area contributed by atoms with Gasteiger partial charge in [0.15, 0.2) is 0 Å². The molecule has 1 aromatic heterocycles. The average Bonchev–Trinajstić information content (AvgIpc) is 3.35. The molecule has 0 saturated carbocycles. The summed E-state index contributed by atoms with van der Waals surface area (Å²) in [6.45, 7) is 8.29. The SMILES string of the molecule is Cc1nc(C(=O)N2CCCCC2CCOc2cccc(CN3CCN(c4cccc(Cl)c4)CC3)c2)cs1. The van der Waals surface area contributed by atoms with Crippen molar-refractivity contribution < 1.29 is 9.53 Å². The van der Waals surface area contributed by atoms with Crippen molar-refractivity contribution in [1.82, 2.24) is 14.8 Å². The van der Waals surface area contributed by atoms with Crippen LogP contribution in [0.15, 0.2) is 53.9 Å². The highest BCUT2D eigenvalue weighted by atomic mass is 35.5. The number of rotatable bonds is 8. The number of aryl methyl sites for hydroxylation is 1. The van der Waals surface area contributed by atoms with Crippen LogP contribution in [0, 0.1) is 6.92 Å². The van der Waals surface area contributed by atoms with Gasteiger partial charge in [-0.15, -0.1) is 11.3 Å². The number of carbonyl (C=O) groups excluding carboxylic acids is 1. The first kappa shape index (κ1) is 26.0. The van der Waals surface area contributed by atoms with Crippen LogP contribution in [0.3, 0.4) is 0 Å². The molecule has 0 aliphatic carbocycles. The standard InChI is InChI=1S/C29H35ClN4O2S/c1-22-31-28(21-37-22)29(35)34-12-3-2-8-25(34)11-17-36-27-10-4-6-23(18-27)20-32-13-15-33(16-14-32)26-9-5-7-24(30)19-26/h4-7,9-10,18-19,21,25H,2-3,8,11-17,20H2,1H3.